The Morgan fingerprint density at radius 3 is 2.15 bits per heavy atom. The normalized spacial score (nSPS) is 11.2. The first-order valence-electron chi connectivity index (χ1n) is 18.2. The van der Waals surface area contributed by atoms with Gasteiger partial charge in [-0.3, -0.25) is 4.98 Å². The van der Waals surface area contributed by atoms with Crippen LogP contribution < -0.4 is 0 Å². The van der Waals surface area contributed by atoms with E-state index in [9.17, 15) is 0 Å². The van der Waals surface area contributed by atoms with E-state index in [1.54, 1.807) is 0 Å². The molecule has 0 saturated heterocycles. The van der Waals surface area contributed by atoms with Crippen LogP contribution in [0.15, 0.2) is 144 Å². The molecule has 0 atom stereocenters. The minimum absolute atomic E-state index is 0. The fourth-order valence-corrected chi connectivity index (χ4v) is 7.02. The molecule has 0 aliphatic rings. The summed E-state index contributed by atoms with van der Waals surface area (Å²) < 4.78 is 8.69. The quantitative estimate of drug-likeness (QED) is 0.156. The van der Waals surface area contributed by atoms with Gasteiger partial charge in [0.05, 0.1) is 16.9 Å². The number of furan rings is 1. The number of aryl methyl sites for hydroxylation is 1. The summed E-state index contributed by atoms with van der Waals surface area (Å²) in [6.07, 6.45) is 3.73. The van der Waals surface area contributed by atoms with Crippen LogP contribution in [-0.2, 0) is 20.1 Å². The van der Waals surface area contributed by atoms with Crippen LogP contribution in [0.3, 0.4) is 0 Å². The van der Waals surface area contributed by atoms with Gasteiger partial charge in [-0.05, 0) is 70.5 Å². The van der Waals surface area contributed by atoms with E-state index in [1.807, 2.05) is 85.2 Å². The summed E-state index contributed by atoms with van der Waals surface area (Å²) >= 11 is 0. The fourth-order valence-electron chi connectivity index (χ4n) is 7.02. The third-order valence-corrected chi connectivity index (χ3v) is 9.63. The summed E-state index contributed by atoms with van der Waals surface area (Å²) in [5, 5.41) is 2.16. The standard InChI is InChI=1S/C31H28N3O.C17H12N.Ir/c1-18(2)21-11-8-12-22(19(3)4)28(21)34-26-16-20(5)17-32-30(26)33-31(34)25-14-9-13-24-23-10-6-7-15-27(23)35-29(24)25;1-3-7-14(8-4-1)16-11-12-18-17(13-16)15-9-5-2-6-10-15;/h6-13,15-19H,1-5H3;1-9,11-13H;/q2*-1;. The van der Waals surface area contributed by atoms with E-state index < -0.39 is 0 Å². The predicted octanol–water partition coefficient (Wildman–Crippen LogP) is 12.6. The monoisotopic (exact) mass is 881 g/mol. The molecule has 0 saturated carbocycles. The zero-order chi connectivity index (χ0) is 36.5. The molecule has 0 unspecified atom stereocenters. The second kappa shape index (κ2) is 15.7. The van der Waals surface area contributed by atoms with Crippen LogP contribution in [0.25, 0.3) is 72.6 Å². The average molecular weight is 881 g/mol. The summed E-state index contributed by atoms with van der Waals surface area (Å²) in [4.78, 5) is 14.2. The molecule has 0 bridgehead atoms. The van der Waals surface area contributed by atoms with Crippen LogP contribution in [0.1, 0.15) is 56.2 Å². The largest absolute Gasteiger partial charge is 0.501 e. The Morgan fingerprint density at radius 2 is 1.41 bits per heavy atom. The first-order chi connectivity index (χ1) is 25.9. The van der Waals surface area contributed by atoms with E-state index in [2.05, 4.69) is 111 Å². The first-order valence-corrected chi connectivity index (χ1v) is 18.2. The Hall–Kier alpha value is -5.68. The Bertz CT molecular complexity index is 2610. The SMILES string of the molecule is Cc1cnc2nc(-c3[c-]ccc4c3oc3ccccc34)n(-c3c(C(C)C)cccc3C(C)C)c2c1.[Ir].[c-]1ccccc1-c1cc(-c2ccccc2)ccn1. The molecule has 5 aromatic carbocycles. The Labute approximate surface area is 330 Å². The van der Waals surface area contributed by atoms with Gasteiger partial charge in [0.25, 0.3) is 0 Å². The maximum Gasteiger partial charge on any atom is 0.168 e. The number of pyridine rings is 2. The average Bonchev–Trinajstić information content (AvgIpc) is 3.77. The molecule has 0 spiro atoms. The van der Waals surface area contributed by atoms with Gasteiger partial charge in [0, 0.05) is 43.6 Å². The van der Waals surface area contributed by atoms with Gasteiger partial charge in [0.15, 0.2) is 5.65 Å². The molecule has 4 heterocycles. The fraction of sp³-hybridized carbons (Fsp3) is 0.146. The van der Waals surface area contributed by atoms with E-state index >= 15 is 0 Å². The topological polar surface area (TPSA) is 56.7 Å². The van der Waals surface area contributed by atoms with Crippen molar-refractivity contribution in [3.63, 3.8) is 0 Å². The number of nitrogens with zero attached hydrogens (tertiary/aromatic N) is 4. The summed E-state index contributed by atoms with van der Waals surface area (Å²) in [5.41, 5.74) is 13.5. The van der Waals surface area contributed by atoms with Crippen LogP contribution in [0.4, 0.5) is 0 Å². The molecule has 0 aliphatic carbocycles. The molecule has 0 N–H and O–H groups in total. The van der Waals surface area contributed by atoms with E-state index in [1.165, 1.54) is 27.9 Å². The molecule has 9 aromatic rings. The second-order valence-corrected chi connectivity index (χ2v) is 14.0. The van der Waals surface area contributed by atoms with Gasteiger partial charge in [0.1, 0.15) is 5.58 Å². The molecule has 54 heavy (non-hydrogen) atoms. The minimum Gasteiger partial charge on any atom is -0.501 e. The number of hydrogen-bond donors (Lipinski definition) is 0. The predicted molar refractivity (Wildman–Crippen MR) is 217 cm³/mol. The van der Waals surface area contributed by atoms with Crippen molar-refractivity contribution in [1.82, 2.24) is 19.5 Å². The Morgan fingerprint density at radius 1 is 0.667 bits per heavy atom. The smallest absolute Gasteiger partial charge is 0.168 e. The van der Waals surface area contributed by atoms with Gasteiger partial charge in [-0.25, -0.2) is 4.98 Å². The van der Waals surface area contributed by atoms with Gasteiger partial charge in [-0.15, -0.1) is 54.1 Å². The van der Waals surface area contributed by atoms with Gasteiger partial charge in [0.2, 0.25) is 0 Å². The summed E-state index contributed by atoms with van der Waals surface area (Å²) in [6.45, 7) is 11.1. The zero-order valence-corrected chi connectivity index (χ0v) is 33.4. The van der Waals surface area contributed by atoms with Crippen LogP contribution >= 0.6 is 0 Å². The maximum atomic E-state index is 6.40. The molecule has 4 aromatic heterocycles. The van der Waals surface area contributed by atoms with Gasteiger partial charge < -0.3 is 14.0 Å². The molecule has 0 amide bonds. The molecular formula is C48H40IrN4O-2. The summed E-state index contributed by atoms with van der Waals surface area (Å²) in [7, 11) is 0. The van der Waals surface area contributed by atoms with Crippen molar-refractivity contribution in [3.05, 3.63) is 169 Å². The van der Waals surface area contributed by atoms with Crippen molar-refractivity contribution in [2.24, 2.45) is 0 Å². The first kappa shape index (κ1) is 36.7. The number of fused-ring (bicyclic) bond motifs is 4. The summed E-state index contributed by atoms with van der Waals surface area (Å²) in [6, 6.07) is 50.0. The van der Waals surface area contributed by atoms with Crippen molar-refractivity contribution in [3.8, 4) is 39.5 Å². The molecule has 1 radical (unpaired) electrons. The minimum atomic E-state index is 0. The van der Waals surface area contributed by atoms with Crippen LogP contribution in [0.5, 0.6) is 0 Å². The molecule has 5 nitrogen and oxygen atoms in total. The van der Waals surface area contributed by atoms with E-state index in [-0.39, 0.29) is 20.1 Å². The van der Waals surface area contributed by atoms with Crippen molar-refractivity contribution in [1.29, 1.82) is 0 Å². The molecule has 0 aliphatic heterocycles. The van der Waals surface area contributed by atoms with Crippen LogP contribution in [0.2, 0.25) is 0 Å². The number of para-hydroxylation sites is 2. The number of imidazole rings is 1. The molecule has 269 valence electrons. The Kier molecular flexibility index (Phi) is 10.7. The summed E-state index contributed by atoms with van der Waals surface area (Å²) in [5.74, 6) is 1.49. The van der Waals surface area contributed by atoms with E-state index in [4.69, 9.17) is 14.4 Å². The molecule has 9 rings (SSSR count). The van der Waals surface area contributed by atoms with Gasteiger partial charge >= 0.3 is 0 Å². The zero-order valence-electron chi connectivity index (χ0n) is 31.0. The second-order valence-electron chi connectivity index (χ2n) is 14.0. The van der Waals surface area contributed by atoms with Crippen LogP contribution in [-0.4, -0.2) is 19.5 Å². The third kappa shape index (κ3) is 7.03. The maximum absolute atomic E-state index is 6.40. The van der Waals surface area contributed by atoms with Crippen molar-refractivity contribution >= 4 is 33.1 Å². The number of hydrogen-bond acceptors (Lipinski definition) is 4. The molecular weight excluding hydrogens is 841 g/mol. The van der Waals surface area contributed by atoms with Gasteiger partial charge in [-0.1, -0.05) is 111 Å². The van der Waals surface area contributed by atoms with Crippen molar-refractivity contribution in [2.45, 2.75) is 46.5 Å². The third-order valence-electron chi connectivity index (χ3n) is 9.63. The van der Waals surface area contributed by atoms with E-state index in [0.29, 0.717) is 11.8 Å². The number of benzene rings is 5. The van der Waals surface area contributed by atoms with E-state index in [0.717, 1.165) is 61.3 Å². The number of rotatable bonds is 6. The van der Waals surface area contributed by atoms with Crippen molar-refractivity contribution in [2.75, 3.05) is 0 Å². The van der Waals surface area contributed by atoms with Crippen LogP contribution in [0, 0.1) is 19.1 Å². The number of aromatic nitrogens is 4. The molecule has 6 heteroatoms. The van der Waals surface area contributed by atoms with Gasteiger partial charge in [-0.2, -0.15) is 0 Å². The molecule has 0 fully saturated rings. The van der Waals surface area contributed by atoms with Crippen molar-refractivity contribution < 1.29 is 24.5 Å². The Balaban J connectivity index is 0.000000200.